The van der Waals surface area contributed by atoms with Crippen LogP contribution in [0.1, 0.15) is 76.2 Å². The van der Waals surface area contributed by atoms with Crippen molar-refractivity contribution in [1.82, 2.24) is 0 Å². The number of para-hydroxylation sites is 1. The van der Waals surface area contributed by atoms with E-state index in [1.165, 1.54) is 49.8 Å². The highest BCUT2D eigenvalue weighted by molar-refractivity contribution is 5.80. The third kappa shape index (κ3) is 5.18. The second-order valence-corrected chi connectivity index (χ2v) is 6.28. The summed E-state index contributed by atoms with van der Waals surface area (Å²) in [5, 5.41) is 3.40. The van der Waals surface area contributed by atoms with Crippen LogP contribution in [-0.4, -0.2) is 12.3 Å². The Labute approximate surface area is 129 Å². The van der Waals surface area contributed by atoms with Crippen LogP contribution in [0, 0.1) is 0 Å². The van der Waals surface area contributed by atoms with E-state index >= 15 is 0 Å². The standard InChI is InChI=1S/C19H29NO/c1-2-3-4-5-6-7-8-11-17(21)14-16-15-20-19-13-10-9-12-18(16)19/h9-10,12-13,16,20H,2-8,11,14-15H2,1H3. The highest BCUT2D eigenvalue weighted by Crippen LogP contribution is 2.33. The number of carbonyl (C=O) groups is 1. The number of anilines is 1. The fraction of sp³-hybridized carbons (Fsp3) is 0.632. The normalized spacial score (nSPS) is 16.5. The molecule has 0 fully saturated rings. The molecule has 0 aliphatic carbocycles. The fourth-order valence-electron chi connectivity index (χ4n) is 3.20. The molecule has 2 rings (SSSR count). The van der Waals surface area contributed by atoms with Crippen molar-refractivity contribution in [2.24, 2.45) is 0 Å². The van der Waals surface area contributed by atoms with Crippen molar-refractivity contribution in [3.8, 4) is 0 Å². The summed E-state index contributed by atoms with van der Waals surface area (Å²) < 4.78 is 0. The molecule has 1 aromatic rings. The lowest BCUT2D eigenvalue weighted by molar-refractivity contribution is -0.119. The smallest absolute Gasteiger partial charge is 0.133 e. The third-order valence-electron chi connectivity index (χ3n) is 4.47. The Balaban J connectivity index is 1.60. The highest BCUT2D eigenvalue weighted by atomic mass is 16.1. The summed E-state index contributed by atoms with van der Waals surface area (Å²) in [6.07, 6.45) is 10.4. The van der Waals surface area contributed by atoms with Crippen molar-refractivity contribution in [2.45, 2.75) is 70.6 Å². The fourth-order valence-corrected chi connectivity index (χ4v) is 3.20. The molecular formula is C19H29NO. The van der Waals surface area contributed by atoms with Crippen LogP contribution in [0.15, 0.2) is 24.3 Å². The third-order valence-corrected chi connectivity index (χ3v) is 4.47. The van der Waals surface area contributed by atoms with E-state index in [4.69, 9.17) is 0 Å². The van der Waals surface area contributed by atoms with Gasteiger partial charge < -0.3 is 5.32 Å². The van der Waals surface area contributed by atoms with Gasteiger partial charge in [-0.15, -0.1) is 0 Å². The van der Waals surface area contributed by atoms with Crippen molar-refractivity contribution < 1.29 is 4.79 Å². The average Bonchev–Trinajstić information content (AvgIpc) is 2.90. The van der Waals surface area contributed by atoms with E-state index < -0.39 is 0 Å². The van der Waals surface area contributed by atoms with Crippen molar-refractivity contribution in [3.05, 3.63) is 29.8 Å². The first-order chi connectivity index (χ1) is 10.3. The van der Waals surface area contributed by atoms with E-state index in [0.717, 1.165) is 19.4 Å². The van der Waals surface area contributed by atoms with Crippen molar-refractivity contribution in [1.29, 1.82) is 0 Å². The Kier molecular flexibility index (Phi) is 6.78. The Morgan fingerprint density at radius 3 is 2.62 bits per heavy atom. The summed E-state index contributed by atoms with van der Waals surface area (Å²) in [7, 11) is 0. The Bertz CT molecular complexity index is 441. The molecule has 0 bridgehead atoms. The number of Topliss-reactive ketones (excluding diaryl/α,β-unsaturated/α-hetero) is 1. The number of fused-ring (bicyclic) bond motifs is 1. The van der Waals surface area contributed by atoms with Gasteiger partial charge in [0.2, 0.25) is 0 Å². The van der Waals surface area contributed by atoms with E-state index in [2.05, 4.69) is 36.5 Å². The molecule has 1 aliphatic rings. The molecule has 0 saturated heterocycles. The van der Waals surface area contributed by atoms with Crippen LogP contribution >= 0.6 is 0 Å². The van der Waals surface area contributed by atoms with Gasteiger partial charge in [0, 0.05) is 31.0 Å². The molecule has 2 nitrogen and oxygen atoms in total. The minimum atomic E-state index is 0.387. The van der Waals surface area contributed by atoms with E-state index in [-0.39, 0.29) is 0 Å². The molecule has 116 valence electrons. The maximum Gasteiger partial charge on any atom is 0.133 e. The molecule has 1 aromatic carbocycles. The summed E-state index contributed by atoms with van der Waals surface area (Å²) in [5.74, 6) is 0.824. The lowest BCUT2D eigenvalue weighted by Crippen LogP contribution is -2.09. The predicted octanol–water partition coefficient (Wildman–Crippen LogP) is 5.30. The van der Waals surface area contributed by atoms with Crippen LogP contribution in [0.5, 0.6) is 0 Å². The highest BCUT2D eigenvalue weighted by Gasteiger charge is 2.23. The molecule has 1 unspecified atom stereocenters. The molecule has 1 N–H and O–H groups in total. The quantitative estimate of drug-likeness (QED) is 0.592. The van der Waals surface area contributed by atoms with Gasteiger partial charge in [0.05, 0.1) is 0 Å². The number of ketones is 1. The van der Waals surface area contributed by atoms with Gasteiger partial charge in [-0.3, -0.25) is 4.79 Å². The van der Waals surface area contributed by atoms with Crippen molar-refractivity contribution in [3.63, 3.8) is 0 Å². The molecule has 0 aromatic heterocycles. The number of carbonyl (C=O) groups excluding carboxylic acids is 1. The van der Waals surface area contributed by atoms with Gasteiger partial charge in [-0.05, 0) is 18.1 Å². The van der Waals surface area contributed by atoms with Crippen LogP contribution in [-0.2, 0) is 4.79 Å². The lowest BCUT2D eigenvalue weighted by Gasteiger charge is -2.09. The number of rotatable bonds is 10. The molecule has 0 radical (unpaired) electrons. The molecule has 1 atom stereocenters. The summed E-state index contributed by atoms with van der Waals surface area (Å²) in [5.41, 5.74) is 2.54. The minimum absolute atomic E-state index is 0.387. The first kappa shape index (κ1) is 16.1. The van der Waals surface area contributed by atoms with E-state index in [1.807, 2.05) is 0 Å². The van der Waals surface area contributed by atoms with Gasteiger partial charge in [0.1, 0.15) is 5.78 Å². The Morgan fingerprint density at radius 1 is 1.10 bits per heavy atom. The molecule has 0 amide bonds. The zero-order valence-electron chi connectivity index (χ0n) is 13.4. The molecule has 2 heteroatoms. The molecule has 21 heavy (non-hydrogen) atoms. The van der Waals surface area contributed by atoms with Gasteiger partial charge in [-0.1, -0.05) is 63.6 Å². The number of benzene rings is 1. The molecule has 0 saturated carbocycles. The topological polar surface area (TPSA) is 29.1 Å². The van der Waals surface area contributed by atoms with E-state index in [9.17, 15) is 4.79 Å². The molecule has 0 spiro atoms. The number of nitrogens with one attached hydrogen (secondary N) is 1. The largest absolute Gasteiger partial charge is 0.384 e. The first-order valence-corrected chi connectivity index (χ1v) is 8.65. The van der Waals surface area contributed by atoms with Gasteiger partial charge in [0.15, 0.2) is 0 Å². The van der Waals surface area contributed by atoms with Crippen molar-refractivity contribution >= 4 is 11.5 Å². The van der Waals surface area contributed by atoms with Crippen LogP contribution in [0.2, 0.25) is 0 Å². The summed E-state index contributed by atoms with van der Waals surface area (Å²) in [6, 6.07) is 8.38. The predicted molar refractivity (Wildman–Crippen MR) is 89.9 cm³/mol. The maximum absolute atomic E-state index is 12.1. The second-order valence-electron chi connectivity index (χ2n) is 6.28. The van der Waals surface area contributed by atoms with Crippen LogP contribution in [0.25, 0.3) is 0 Å². The summed E-state index contributed by atoms with van der Waals surface area (Å²) in [4.78, 5) is 12.1. The first-order valence-electron chi connectivity index (χ1n) is 8.65. The van der Waals surface area contributed by atoms with Gasteiger partial charge in [-0.2, -0.15) is 0 Å². The van der Waals surface area contributed by atoms with E-state index in [0.29, 0.717) is 18.1 Å². The minimum Gasteiger partial charge on any atom is -0.384 e. The van der Waals surface area contributed by atoms with Crippen molar-refractivity contribution in [2.75, 3.05) is 11.9 Å². The van der Waals surface area contributed by atoms with Crippen LogP contribution < -0.4 is 5.32 Å². The molecular weight excluding hydrogens is 258 g/mol. The van der Waals surface area contributed by atoms with Gasteiger partial charge in [0.25, 0.3) is 0 Å². The zero-order valence-corrected chi connectivity index (χ0v) is 13.4. The van der Waals surface area contributed by atoms with Gasteiger partial charge in [-0.25, -0.2) is 0 Å². The number of unbranched alkanes of at least 4 members (excludes halogenated alkanes) is 6. The zero-order chi connectivity index (χ0) is 14.9. The SMILES string of the molecule is CCCCCCCCCC(=O)CC1CNc2ccccc21. The number of hydrogen-bond donors (Lipinski definition) is 1. The molecule has 1 aliphatic heterocycles. The lowest BCUT2D eigenvalue weighted by atomic mass is 9.94. The van der Waals surface area contributed by atoms with Gasteiger partial charge >= 0.3 is 0 Å². The Hall–Kier alpha value is -1.31. The second kappa shape index (κ2) is 8.86. The summed E-state index contributed by atoms with van der Waals surface area (Å²) in [6.45, 7) is 3.16. The number of hydrogen-bond acceptors (Lipinski definition) is 2. The molecule has 1 heterocycles. The monoisotopic (exact) mass is 287 g/mol. The summed E-state index contributed by atoms with van der Waals surface area (Å²) >= 11 is 0. The maximum atomic E-state index is 12.1. The van der Waals surface area contributed by atoms with Crippen LogP contribution in [0.4, 0.5) is 5.69 Å². The van der Waals surface area contributed by atoms with E-state index in [1.54, 1.807) is 0 Å². The van der Waals surface area contributed by atoms with Crippen LogP contribution in [0.3, 0.4) is 0 Å². The average molecular weight is 287 g/mol. The Morgan fingerprint density at radius 2 is 1.81 bits per heavy atom.